The van der Waals surface area contributed by atoms with Gasteiger partial charge in [0.05, 0.1) is 16.6 Å². The SMILES string of the molecule is Cc1ccc(NC(=O)CCCc2nc3ccccc3c(=O)[nH]2)c(F)c1. The smallest absolute Gasteiger partial charge is 0.258 e. The monoisotopic (exact) mass is 339 g/mol. The molecule has 2 N–H and O–H groups in total. The van der Waals surface area contributed by atoms with Crippen molar-refractivity contribution < 1.29 is 9.18 Å². The Hall–Kier alpha value is -3.02. The van der Waals surface area contributed by atoms with Crippen LogP contribution in [0.15, 0.2) is 47.3 Å². The van der Waals surface area contributed by atoms with Crippen LogP contribution in [0.5, 0.6) is 0 Å². The number of aromatic amines is 1. The Bertz CT molecular complexity index is 982. The molecule has 2 aromatic carbocycles. The maximum absolute atomic E-state index is 13.7. The lowest BCUT2D eigenvalue weighted by Crippen LogP contribution is -2.14. The van der Waals surface area contributed by atoms with E-state index < -0.39 is 5.82 Å². The fourth-order valence-corrected chi connectivity index (χ4v) is 2.60. The van der Waals surface area contributed by atoms with Crippen molar-refractivity contribution in [3.8, 4) is 0 Å². The van der Waals surface area contributed by atoms with Crippen molar-refractivity contribution in [1.82, 2.24) is 9.97 Å². The number of aromatic nitrogens is 2. The number of carbonyl (C=O) groups excluding carboxylic acids is 1. The summed E-state index contributed by atoms with van der Waals surface area (Å²) in [5.41, 5.74) is 1.41. The van der Waals surface area contributed by atoms with Crippen LogP contribution in [0.2, 0.25) is 0 Å². The molecule has 6 heteroatoms. The summed E-state index contributed by atoms with van der Waals surface area (Å²) in [5, 5.41) is 3.10. The number of rotatable bonds is 5. The molecule has 128 valence electrons. The summed E-state index contributed by atoms with van der Waals surface area (Å²) in [6.45, 7) is 1.78. The lowest BCUT2D eigenvalue weighted by atomic mass is 10.2. The van der Waals surface area contributed by atoms with E-state index in [9.17, 15) is 14.0 Å². The number of para-hydroxylation sites is 1. The first-order valence-corrected chi connectivity index (χ1v) is 8.07. The summed E-state index contributed by atoms with van der Waals surface area (Å²) in [6.07, 6.45) is 1.17. The van der Waals surface area contributed by atoms with Crippen molar-refractivity contribution in [3.05, 3.63) is 70.0 Å². The van der Waals surface area contributed by atoms with Crippen molar-refractivity contribution >= 4 is 22.5 Å². The highest BCUT2D eigenvalue weighted by molar-refractivity contribution is 5.90. The number of hydrogen-bond donors (Lipinski definition) is 2. The molecule has 0 fully saturated rings. The largest absolute Gasteiger partial charge is 0.324 e. The van der Waals surface area contributed by atoms with Crippen LogP contribution in [0.4, 0.5) is 10.1 Å². The number of halogens is 1. The highest BCUT2D eigenvalue weighted by atomic mass is 19.1. The van der Waals surface area contributed by atoms with Gasteiger partial charge in [-0.15, -0.1) is 0 Å². The van der Waals surface area contributed by atoms with E-state index in [-0.39, 0.29) is 23.6 Å². The number of hydrogen-bond acceptors (Lipinski definition) is 3. The van der Waals surface area contributed by atoms with Crippen molar-refractivity contribution in [2.24, 2.45) is 0 Å². The number of anilines is 1. The van der Waals surface area contributed by atoms with E-state index in [1.807, 2.05) is 6.07 Å². The predicted octanol–water partition coefficient (Wildman–Crippen LogP) is 3.33. The zero-order chi connectivity index (χ0) is 17.8. The van der Waals surface area contributed by atoms with Crippen molar-refractivity contribution in [2.75, 3.05) is 5.32 Å². The second-order valence-corrected chi connectivity index (χ2v) is 5.91. The van der Waals surface area contributed by atoms with Gasteiger partial charge in [0, 0.05) is 12.8 Å². The first-order chi connectivity index (χ1) is 12.0. The molecule has 0 unspecified atom stereocenters. The van der Waals surface area contributed by atoms with Gasteiger partial charge in [-0.25, -0.2) is 9.37 Å². The third-order valence-corrected chi connectivity index (χ3v) is 3.88. The summed E-state index contributed by atoms with van der Waals surface area (Å²) < 4.78 is 13.7. The first-order valence-electron chi connectivity index (χ1n) is 8.07. The summed E-state index contributed by atoms with van der Waals surface area (Å²) >= 11 is 0. The molecule has 0 bridgehead atoms. The standard InChI is InChI=1S/C19H18FN3O2/c1-12-9-10-16(14(20)11-12)22-18(24)8-4-7-17-21-15-6-3-2-5-13(15)19(25)23-17/h2-3,5-6,9-11H,4,7-8H2,1H3,(H,22,24)(H,21,23,25). The maximum atomic E-state index is 13.7. The molecule has 1 amide bonds. The van der Waals surface area contributed by atoms with Gasteiger partial charge < -0.3 is 10.3 Å². The van der Waals surface area contributed by atoms with Crippen LogP contribution in [0.1, 0.15) is 24.2 Å². The summed E-state index contributed by atoms with van der Waals surface area (Å²) in [5.74, 6) is -0.183. The number of H-pyrrole nitrogens is 1. The number of aryl methyl sites for hydroxylation is 2. The molecule has 3 aromatic rings. The molecule has 1 heterocycles. The lowest BCUT2D eigenvalue weighted by molar-refractivity contribution is -0.116. The van der Waals surface area contributed by atoms with Crippen LogP contribution in [-0.2, 0) is 11.2 Å². The van der Waals surface area contributed by atoms with Gasteiger partial charge in [-0.2, -0.15) is 0 Å². The van der Waals surface area contributed by atoms with Crippen LogP contribution in [0.25, 0.3) is 10.9 Å². The second-order valence-electron chi connectivity index (χ2n) is 5.91. The average Bonchev–Trinajstić information content (AvgIpc) is 2.57. The Labute approximate surface area is 143 Å². The van der Waals surface area contributed by atoms with Gasteiger partial charge in [0.15, 0.2) is 0 Å². The third-order valence-electron chi connectivity index (χ3n) is 3.88. The Balaban J connectivity index is 1.59. The number of nitrogens with zero attached hydrogens (tertiary/aromatic N) is 1. The molecule has 0 radical (unpaired) electrons. The van der Waals surface area contributed by atoms with Crippen LogP contribution in [0.3, 0.4) is 0 Å². The Kier molecular flexibility index (Phi) is 4.88. The molecule has 5 nitrogen and oxygen atoms in total. The van der Waals surface area contributed by atoms with E-state index in [2.05, 4.69) is 15.3 Å². The van der Waals surface area contributed by atoms with E-state index in [0.717, 1.165) is 5.56 Å². The first kappa shape index (κ1) is 16.8. The molecule has 0 aliphatic heterocycles. The molecule has 3 rings (SSSR count). The average molecular weight is 339 g/mol. The fraction of sp³-hybridized carbons (Fsp3) is 0.211. The molecule has 0 aliphatic rings. The summed E-state index contributed by atoms with van der Waals surface area (Å²) in [7, 11) is 0. The molecular formula is C19H18FN3O2. The molecule has 0 saturated heterocycles. The molecule has 0 aliphatic carbocycles. The molecule has 0 atom stereocenters. The van der Waals surface area contributed by atoms with Gasteiger partial charge in [-0.05, 0) is 43.2 Å². The highest BCUT2D eigenvalue weighted by Crippen LogP contribution is 2.16. The van der Waals surface area contributed by atoms with E-state index in [1.165, 1.54) is 6.07 Å². The second kappa shape index (κ2) is 7.25. The maximum Gasteiger partial charge on any atom is 0.258 e. The minimum atomic E-state index is -0.450. The van der Waals surface area contributed by atoms with Crippen molar-refractivity contribution in [3.63, 3.8) is 0 Å². The Morgan fingerprint density at radius 1 is 1.24 bits per heavy atom. The summed E-state index contributed by atoms with van der Waals surface area (Å²) in [6, 6.07) is 11.8. The van der Waals surface area contributed by atoms with Crippen LogP contribution in [-0.4, -0.2) is 15.9 Å². The van der Waals surface area contributed by atoms with Gasteiger partial charge in [0.2, 0.25) is 5.91 Å². The predicted molar refractivity (Wildman–Crippen MR) is 95.1 cm³/mol. The molecule has 0 spiro atoms. The van der Waals surface area contributed by atoms with Crippen molar-refractivity contribution in [2.45, 2.75) is 26.2 Å². The van der Waals surface area contributed by atoms with E-state index in [0.29, 0.717) is 29.6 Å². The fourth-order valence-electron chi connectivity index (χ4n) is 2.60. The lowest BCUT2D eigenvalue weighted by Gasteiger charge is -2.07. The van der Waals surface area contributed by atoms with Gasteiger partial charge in [0.1, 0.15) is 11.6 Å². The molecular weight excluding hydrogens is 321 g/mol. The quantitative estimate of drug-likeness (QED) is 0.749. The number of amides is 1. The molecule has 1 aromatic heterocycles. The van der Waals surface area contributed by atoms with E-state index in [1.54, 1.807) is 37.3 Å². The van der Waals surface area contributed by atoms with E-state index in [4.69, 9.17) is 0 Å². The van der Waals surface area contributed by atoms with Gasteiger partial charge in [0.25, 0.3) is 5.56 Å². The minimum absolute atomic E-state index is 0.174. The Morgan fingerprint density at radius 2 is 2.04 bits per heavy atom. The number of nitrogens with one attached hydrogen (secondary N) is 2. The number of fused-ring (bicyclic) bond motifs is 1. The summed E-state index contributed by atoms with van der Waals surface area (Å²) in [4.78, 5) is 31.1. The highest BCUT2D eigenvalue weighted by Gasteiger charge is 2.08. The normalized spacial score (nSPS) is 10.8. The van der Waals surface area contributed by atoms with Crippen LogP contribution in [0, 0.1) is 12.7 Å². The van der Waals surface area contributed by atoms with Crippen LogP contribution >= 0.6 is 0 Å². The number of benzene rings is 2. The zero-order valence-electron chi connectivity index (χ0n) is 13.8. The number of carbonyl (C=O) groups is 1. The van der Waals surface area contributed by atoms with Crippen molar-refractivity contribution in [1.29, 1.82) is 0 Å². The third kappa shape index (κ3) is 4.09. The zero-order valence-corrected chi connectivity index (χ0v) is 13.8. The van der Waals surface area contributed by atoms with E-state index >= 15 is 0 Å². The Morgan fingerprint density at radius 3 is 2.84 bits per heavy atom. The topological polar surface area (TPSA) is 74.8 Å². The van der Waals surface area contributed by atoms with Gasteiger partial charge >= 0.3 is 0 Å². The van der Waals surface area contributed by atoms with Crippen LogP contribution < -0.4 is 10.9 Å². The molecule has 0 saturated carbocycles. The minimum Gasteiger partial charge on any atom is -0.324 e. The van der Waals surface area contributed by atoms with Gasteiger partial charge in [-0.3, -0.25) is 9.59 Å². The molecule has 25 heavy (non-hydrogen) atoms. The van der Waals surface area contributed by atoms with Gasteiger partial charge in [-0.1, -0.05) is 18.2 Å².